The summed E-state index contributed by atoms with van der Waals surface area (Å²) in [7, 11) is -4.16. The van der Waals surface area contributed by atoms with Crippen molar-refractivity contribution in [3.05, 3.63) is 68.5 Å². The Hall–Kier alpha value is -2.01. The summed E-state index contributed by atoms with van der Waals surface area (Å²) in [6.07, 6.45) is -3.66. The maximum atomic E-state index is 12.6. The predicted octanol–water partition coefficient (Wildman–Crippen LogP) is 5.35. The van der Waals surface area contributed by atoms with E-state index >= 15 is 0 Å². The van der Waals surface area contributed by atoms with Gasteiger partial charge in [0.25, 0.3) is 0 Å². The van der Waals surface area contributed by atoms with Crippen molar-refractivity contribution in [1.82, 2.24) is 0 Å². The average Bonchev–Trinajstić information content (AvgIpc) is 2.53. The first-order chi connectivity index (χ1) is 11.6. The summed E-state index contributed by atoms with van der Waals surface area (Å²) in [5, 5.41) is 9.15. The Morgan fingerprint density at radius 1 is 1.08 bits per heavy atom. The molecule has 3 nitrogen and oxygen atoms in total. The fraction of sp³-hybridized carbons (Fsp3) is 0.0625. The summed E-state index contributed by atoms with van der Waals surface area (Å²) in [6, 6.07) is 9.07. The van der Waals surface area contributed by atoms with E-state index < -0.39 is 26.5 Å². The molecule has 0 saturated heterocycles. The van der Waals surface area contributed by atoms with Crippen LogP contribution in [-0.4, -0.2) is 8.42 Å². The van der Waals surface area contributed by atoms with Crippen molar-refractivity contribution in [3.8, 4) is 6.07 Å². The lowest BCUT2D eigenvalue weighted by atomic mass is 10.1. The zero-order valence-corrected chi connectivity index (χ0v) is 14.5. The van der Waals surface area contributed by atoms with Gasteiger partial charge in [-0.25, -0.2) is 8.42 Å². The monoisotopic (exact) mass is 405 g/mol. The number of hydrogen-bond acceptors (Lipinski definition) is 3. The second-order valence-electron chi connectivity index (χ2n) is 4.81. The van der Waals surface area contributed by atoms with E-state index in [2.05, 4.69) is 0 Å². The molecule has 25 heavy (non-hydrogen) atoms. The van der Waals surface area contributed by atoms with Gasteiger partial charge in [-0.1, -0.05) is 29.3 Å². The van der Waals surface area contributed by atoms with Gasteiger partial charge in [0.2, 0.25) is 9.84 Å². The molecule has 0 bridgehead atoms. The van der Waals surface area contributed by atoms with Crippen LogP contribution in [0.3, 0.4) is 0 Å². The minimum atomic E-state index is -4.58. The number of halogens is 5. The standard InChI is InChI=1S/C16H8Cl2F3NO2S/c17-12-3-5-13(6-4-12)25(23,24)14(9-22)7-10-1-2-11(8-15(10)18)16(19,20)21/h1-8H. The fourth-order valence-corrected chi connectivity index (χ4v) is 3.38. The molecule has 0 N–H and O–H groups in total. The minimum absolute atomic E-state index is 0.0243. The summed E-state index contributed by atoms with van der Waals surface area (Å²) in [6.45, 7) is 0. The van der Waals surface area contributed by atoms with Crippen molar-refractivity contribution in [3.63, 3.8) is 0 Å². The fourth-order valence-electron chi connectivity index (χ4n) is 1.87. The number of benzene rings is 2. The third-order valence-corrected chi connectivity index (χ3v) is 5.40. The van der Waals surface area contributed by atoms with E-state index in [1.165, 1.54) is 30.3 Å². The van der Waals surface area contributed by atoms with Gasteiger partial charge in [0.1, 0.15) is 11.0 Å². The molecule has 2 rings (SSSR count). The molecular formula is C16H8Cl2F3NO2S. The van der Waals surface area contributed by atoms with Crippen LogP contribution in [0.5, 0.6) is 0 Å². The van der Waals surface area contributed by atoms with Gasteiger partial charge >= 0.3 is 6.18 Å². The summed E-state index contributed by atoms with van der Waals surface area (Å²) in [5.74, 6) is 0. The molecule has 0 aromatic heterocycles. The Balaban J connectivity index is 2.51. The van der Waals surface area contributed by atoms with Crippen molar-refractivity contribution in [2.75, 3.05) is 0 Å². The molecule has 9 heteroatoms. The topological polar surface area (TPSA) is 57.9 Å². The van der Waals surface area contributed by atoms with E-state index in [9.17, 15) is 21.6 Å². The quantitative estimate of drug-likeness (QED) is 0.646. The van der Waals surface area contributed by atoms with Gasteiger partial charge in [-0.2, -0.15) is 18.4 Å². The summed E-state index contributed by atoms with van der Waals surface area (Å²) >= 11 is 11.5. The Kier molecular flexibility index (Phi) is 5.47. The molecule has 0 unspecified atom stereocenters. The smallest absolute Gasteiger partial charge is 0.218 e. The molecule has 0 heterocycles. The van der Waals surface area contributed by atoms with Crippen LogP contribution in [0, 0.1) is 11.3 Å². The number of nitriles is 1. The number of allylic oxidation sites excluding steroid dienone is 1. The minimum Gasteiger partial charge on any atom is -0.218 e. The molecule has 0 saturated carbocycles. The Labute approximate surface area is 151 Å². The number of alkyl halides is 3. The SMILES string of the molecule is N#CC(=Cc1ccc(C(F)(F)F)cc1Cl)S(=O)(=O)c1ccc(Cl)cc1. The molecule has 0 atom stereocenters. The molecule has 0 aliphatic rings. The van der Waals surface area contributed by atoms with Gasteiger partial charge in [0, 0.05) is 10.0 Å². The summed E-state index contributed by atoms with van der Waals surface area (Å²) in [4.78, 5) is -0.829. The van der Waals surface area contributed by atoms with Gasteiger partial charge in [-0.15, -0.1) is 0 Å². The van der Waals surface area contributed by atoms with Crippen molar-refractivity contribution in [1.29, 1.82) is 5.26 Å². The third kappa shape index (κ3) is 4.34. The van der Waals surface area contributed by atoms with Crippen LogP contribution in [0.1, 0.15) is 11.1 Å². The molecule has 2 aromatic carbocycles. The van der Waals surface area contributed by atoms with E-state index in [0.717, 1.165) is 18.2 Å². The molecular weight excluding hydrogens is 398 g/mol. The van der Waals surface area contributed by atoms with Crippen molar-refractivity contribution >= 4 is 39.1 Å². The van der Waals surface area contributed by atoms with Crippen LogP contribution in [0.25, 0.3) is 6.08 Å². The van der Waals surface area contributed by atoms with Gasteiger partial charge in [-0.05, 0) is 48.0 Å². The molecule has 0 aliphatic carbocycles. The van der Waals surface area contributed by atoms with Crippen LogP contribution in [-0.2, 0) is 16.0 Å². The first kappa shape index (κ1) is 19.3. The highest BCUT2D eigenvalue weighted by Gasteiger charge is 2.31. The van der Waals surface area contributed by atoms with Gasteiger partial charge in [0.15, 0.2) is 0 Å². The second kappa shape index (κ2) is 7.08. The lowest BCUT2D eigenvalue weighted by molar-refractivity contribution is -0.137. The zero-order chi connectivity index (χ0) is 18.8. The van der Waals surface area contributed by atoms with Crippen molar-refractivity contribution in [2.24, 2.45) is 0 Å². The summed E-state index contributed by atoms with van der Waals surface area (Å²) < 4.78 is 62.8. The number of nitrogens with zero attached hydrogens (tertiary/aromatic N) is 1. The van der Waals surface area contributed by atoms with Gasteiger partial charge < -0.3 is 0 Å². The van der Waals surface area contributed by atoms with Crippen LogP contribution in [0.15, 0.2) is 52.3 Å². The molecule has 0 radical (unpaired) electrons. The predicted molar refractivity (Wildman–Crippen MR) is 88.7 cm³/mol. The molecule has 0 aliphatic heterocycles. The largest absolute Gasteiger partial charge is 0.416 e. The van der Waals surface area contributed by atoms with Crippen LogP contribution in [0.4, 0.5) is 13.2 Å². The maximum Gasteiger partial charge on any atom is 0.416 e. The first-order valence-corrected chi connectivity index (χ1v) is 8.79. The highest BCUT2D eigenvalue weighted by Crippen LogP contribution is 2.33. The van der Waals surface area contributed by atoms with E-state index in [1.807, 2.05) is 0 Å². The second-order valence-corrected chi connectivity index (χ2v) is 7.57. The van der Waals surface area contributed by atoms with Crippen LogP contribution < -0.4 is 0 Å². The molecule has 130 valence electrons. The molecule has 2 aromatic rings. The van der Waals surface area contributed by atoms with E-state index in [4.69, 9.17) is 28.5 Å². The Morgan fingerprint density at radius 3 is 2.16 bits per heavy atom. The normalized spacial score (nSPS) is 12.7. The number of rotatable bonds is 3. The average molecular weight is 406 g/mol. The van der Waals surface area contributed by atoms with E-state index in [1.54, 1.807) is 0 Å². The maximum absolute atomic E-state index is 12.6. The zero-order valence-electron chi connectivity index (χ0n) is 12.2. The van der Waals surface area contributed by atoms with E-state index in [-0.39, 0.29) is 15.5 Å². The Bertz CT molecular complexity index is 976. The highest BCUT2D eigenvalue weighted by atomic mass is 35.5. The lowest BCUT2D eigenvalue weighted by Crippen LogP contribution is -2.05. The number of hydrogen-bond donors (Lipinski definition) is 0. The van der Waals surface area contributed by atoms with E-state index in [0.29, 0.717) is 11.1 Å². The third-order valence-electron chi connectivity index (χ3n) is 3.14. The molecule has 0 spiro atoms. The Morgan fingerprint density at radius 2 is 1.68 bits per heavy atom. The van der Waals surface area contributed by atoms with Crippen LogP contribution in [0.2, 0.25) is 10.0 Å². The van der Waals surface area contributed by atoms with Gasteiger partial charge in [-0.3, -0.25) is 0 Å². The highest BCUT2D eigenvalue weighted by molar-refractivity contribution is 7.95. The first-order valence-electron chi connectivity index (χ1n) is 6.55. The number of sulfone groups is 1. The molecule has 0 amide bonds. The lowest BCUT2D eigenvalue weighted by Gasteiger charge is -2.08. The molecule has 0 fully saturated rings. The van der Waals surface area contributed by atoms with Crippen molar-refractivity contribution < 1.29 is 21.6 Å². The summed E-state index contributed by atoms with van der Waals surface area (Å²) in [5.41, 5.74) is -1.00. The van der Waals surface area contributed by atoms with Gasteiger partial charge in [0.05, 0.1) is 10.5 Å². The van der Waals surface area contributed by atoms with Crippen LogP contribution >= 0.6 is 23.2 Å². The van der Waals surface area contributed by atoms with Crippen molar-refractivity contribution in [2.45, 2.75) is 11.1 Å².